The van der Waals surface area contributed by atoms with Gasteiger partial charge in [0.05, 0.1) is 0 Å². The molecule has 0 aromatic carbocycles. The quantitative estimate of drug-likeness (QED) is 0.746. The van der Waals surface area contributed by atoms with Gasteiger partial charge in [-0.05, 0) is 38.3 Å². The Kier molecular flexibility index (Phi) is 6.65. The van der Waals surface area contributed by atoms with Crippen molar-refractivity contribution in [1.29, 1.82) is 0 Å². The Morgan fingerprint density at radius 1 is 1.17 bits per heavy atom. The van der Waals surface area contributed by atoms with Gasteiger partial charge in [0.1, 0.15) is 0 Å². The smallest absolute Gasteiger partial charge is 0.0102 e. The van der Waals surface area contributed by atoms with Crippen LogP contribution in [0.1, 0.15) is 66.7 Å². The normalized spacial score (nSPS) is 20.3. The molecule has 1 atom stereocenters. The molecule has 1 aliphatic rings. The largest absolute Gasteiger partial charge is 0.314 e. The van der Waals surface area contributed by atoms with Crippen LogP contribution in [0.3, 0.4) is 0 Å². The first-order valence-corrected chi connectivity index (χ1v) is 7.98. The van der Waals surface area contributed by atoms with Crippen molar-refractivity contribution in [2.24, 2.45) is 5.41 Å². The van der Waals surface area contributed by atoms with E-state index in [1.165, 1.54) is 45.2 Å². The fraction of sp³-hybridized carbons (Fsp3) is 1.00. The third-order valence-corrected chi connectivity index (χ3v) is 4.79. The first-order chi connectivity index (χ1) is 8.51. The van der Waals surface area contributed by atoms with Crippen LogP contribution in [0.15, 0.2) is 0 Å². The molecule has 1 aliphatic carbocycles. The van der Waals surface area contributed by atoms with Crippen LogP contribution in [-0.4, -0.2) is 36.6 Å². The molecule has 18 heavy (non-hydrogen) atoms. The minimum atomic E-state index is 0.351. The Morgan fingerprint density at radius 2 is 1.78 bits per heavy atom. The second-order valence-corrected chi connectivity index (χ2v) is 6.62. The van der Waals surface area contributed by atoms with Crippen LogP contribution >= 0.6 is 0 Å². The molecule has 0 bridgehead atoms. The molecule has 0 aromatic heterocycles. The van der Waals surface area contributed by atoms with Gasteiger partial charge in [0.25, 0.3) is 0 Å². The Hall–Kier alpha value is -0.0800. The molecule has 1 fully saturated rings. The van der Waals surface area contributed by atoms with Crippen LogP contribution in [0.5, 0.6) is 0 Å². The van der Waals surface area contributed by atoms with E-state index >= 15 is 0 Å². The molecule has 0 heterocycles. The number of hydrogen-bond donors (Lipinski definition) is 1. The van der Waals surface area contributed by atoms with E-state index in [-0.39, 0.29) is 0 Å². The van der Waals surface area contributed by atoms with Gasteiger partial charge in [-0.2, -0.15) is 0 Å². The average Bonchev–Trinajstić information content (AvgIpc) is 2.37. The van der Waals surface area contributed by atoms with Crippen LogP contribution in [0.4, 0.5) is 0 Å². The fourth-order valence-corrected chi connectivity index (χ4v) is 3.19. The first-order valence-electron chi connectivity index (χ1n) is 7.98. The van der Waals surface area contributed by atoms with Crippen molar-refractivity contribution in [1.82, 2.24) is 10.2 Å². The van der Waals surface area contributed by atoms with Gasteiger partial charge in [-0.1, -0.05) is 47.0 Å². The summed E-state index contributed by atoms with van der Waals surface area (Å²) in [5, 5.41) is 3.59. The van der Waals surface area contributed by atoms with E-state index < -0.39 is 0 Å². The summed E-state index contributed by atoms with van der Waals surface area (Å²) in [5.41, 5.74) is 0.351. The molecule has 0 radical (unpaired) electrons. The van der Waals surface area contributed by atoms with Crippen molar-refractivity contribution in [3.63, 3.8) is 0 Å². The van der Waals surface area contributed by atoms with E-state index in [4.69, 9.17) is 0 Å². The molecule has 1 rings (SSSR count). The summed E-state index contributed by atoms with van der Waals surface area (Å²) in [5.74, 6) is 0. The predicted octanol–water partition coefficient (Wildman–Crippen LogP) is 3.67. The Morgan fingerprint density at radius 3 is 2.28 bits per heavy atom. The summed E-state index contributed by atoms with van der Waals surface area (Å²) in [4.78, 5) is 2.73. The van der Waals surface area contributed by atoms with E-state index in [9.17, 15) is 0 Å². The van der Waals surface area contributed by atoms with Crippen LogP contribution in [0, 0.1) is 5.41 Å². The minimum Gasteiger partial charge on any atom is -0.314 e. The lowest BCUT2D eigenvalue weighted by molar-refractivity contribution is 0.0910. The maximum atomic E-state index is 3.59. The third-order valence-electron chi connectivity index (χ3n) is 4.79. The first kappa shape index (κ1) is 16.0. The average molecular weight is 254 g/mol. The van der Waals surface area contributed by atoms with Gasteiger partial charge in [-0.3, -0.25) is 0 Å². The zero-order valence-electron chi connectivity index (χ0n) is 13.3. The van der Waals surface area contributed by atoms with Gasteiger partial charge >= 0.3 is 0 Å². The van der Waals surface area contributed by atoms with E-state index in [1.54, 1.807) is 0 Å². The van der Waals surface area contributed by atoms with E-state index in [0.29, 0.717) is 11.5 Å². The maximum Gasteiger partial charge on any atom is 0.0102 e. The summed E-state index contributed by atoms with van der Waals surface area (Å²) < 4.78 is 0. The van der Waals surface area contributed by atoms with Crippen molar-refractivity contribution < 1.29 is 0 Å². The van der Waals surface area contributed by atoms with Crippen molar-refractivity contribution in [3.05, 3.63) is 0 Å². The van der Waals surface area contributed by atoms with Crippen LogP contribution < -0.4 is 5.32 Å². The highest BCUT2D eigenvalue weighted by Crippen LogP contribution is 2.28. The van der Waals surface area contributed by atoms with Crippen molar-refractivity contribution in [2.75, 3.05) is 19.6 Å². The van der Waals surface area contributed by atoms with Crippen LogP contribution in [-0.2, 0) is 0 Å². The lowest BCUT2D eigenvalue weighted by atomic mass is 9.83. The zero-order chi connectivity index (χ0) is 13.6. The summed E-state index contributed by atoms with van der Waals surface area (Å²) in [7, 11) is 0. The van der Waals surface area contributed by atoms with Gasteiger partial charge in [0.15, 0.2) is 0 Å². The molecule has 0 spiro atoms. The molecule has 1 saturated carbocycles. The molecule has 0 amide bonds. The highest BCUT2D eigenvalue weighted by molar-refractivity contribution is 4.86. The van der Waals surface area contributed by atoms with Gasteiger partial charge in [0, 0.05) is 18.6 Å². The molecule has 1 unspecified atom stereocenters. The number of nitrogens with one attached hydrogen (secondary N) is 1. The summed E-state index contributed by atoms with van der Waals surface area (Å²) in [6, 6.07) is 1.43. The van der Waals surface area contributed by atoms with Gasteiger partial charge in [-0.25, -0.2) is 0 Å². The third kappa shape index (κ3) is 4.55. The molecule has 2 nitrogen and oxygen atoms in total. The van der Waals surface area contributed by atoms with E-state index in [2.05, 4.69) is 44.8 Å². The van der Waals surface area contributed by atoms with Crippen molar-refractivity contribution >= 4 is 0 Å². The van der Waals surface area contributed by atoms with Gasteiger partial charge in [-0.15, -0.1) is 0 Å². The molecule has 0 aliphatic heterocycles. The Labute approximate surface area is 115 Å². The number of nitrogens with zero attached hydrogens (tertiary/aromatic N) is 1. The van der Waals surface area contributed by atoms with Gasteiger partial charge < -0.3 is 10.2 Å². The van der Waals surface area contributed by atoms with Crippen LogP contribution in [0.2, 0.25) is 0 Å². The Balaban J connectivity index is 2.54. The maximum absolute atomic E-state index is 3.59. The Bertz CT molecular complexity index is 219. The summed E-state index contributed by atoms with van der Waals surface area (Å²) in [6.07, 6.45) is 7.15. The fourth-order valence-electron chi connectivity index (χ4n) is 3.19. The minimum absolute atomic E-state index is 0.351. The molecule has 2 heteroatoms. The second kappa shape index (κ2) is 7.49. The highest BCUT2D eigenvalue weighted by Gasteiger charge is 2.30. The highest BCUT2D eigenvalue weighted by atomic mass is 15.2. The molecule has 0 saturated heterocycles. The molecular formula is C16H34N2. The summed E-state index contributed by atoms with van der Waals surface area (Å²) in [6.45, 7) is 15.2. The SMILES string of the molecule is CCNC(C)C(C)(C)CN(CC)C1CCCCC1. The second-order valence-electron chi connectivity index (χ2n) is 6.62. The molecule has 0 aromatic rings. The predicted molar refractivity (Wildman–Crippen MR) is 81.0 cm³/mol. The molecule has 1 N–H and O–H groups in total. The zero-order valence-corrected chi connectivity index (χ0v) is 13.3. The van der Waals surface area contributed by atoms with Crippen molar-refractivity contribution in [3.8, 4) is 0 Å². The lowest BCUT2D eigenvalue weighted by Crippen LogP contribution is -2.49. The lowest BCUT2D eigenvalue weighted by Gasteiger charge is -2.41. The van der Waals surface area contributed by atoms with Crippen LogP contribution in [0.25, 0.3) is 0 Å². The van der Waals surface area contributed by atoms with Crippen molar-refractivity contribution in [2.45, 2.75) is 78.8 Å². The molecular weight excluding hydrogens is 220 g/mol. The van der Waals surface area contributed by atoms with E-state index in [1.807, 2.05) is 0 Å². The molecule has 108 valence electrons. The van der Waals surface area contributed by atoms with E-state index in [0.717, 1.165) is 12.6 Å². The number of hydrogen-bond acceptors (Lipinski definition) is 2. The standard InChI is InChI=1S/C16H34N2/c1-6-17-14(3)16(4,5)13-18(7-2)15-11-9-8-10-12-15/h14-15,17H,6-13H2,1-5H3. The number of rotatable bonds is 7. The van der Waals surface area contributed by atoms with Gasteiger partial charge in [0.2, 0.25) is 0 Å². The topological polar surface area (TPSA) is 15.3 Å². The summed E-state index contributed by atoms with van der Waals surface area (Å²) >= 11 is 0. The monoisotopic (exact) mass is 254 g/mol.